The van der Waals surface area contributed by atoms with Crippen LogP contribution in [-0.4, -0.2) is 58.4 Å². The van der Waals surface area contributed by atoms with Crippen LogP contribution in [0.2, 0.25) is 0 Å². The summed E-state index contributed by atoms with van der Waals surface area (Å²) in [6, 6.07) is 0. The molecule has 2 fully saturated rings. The molecule has 0 atom stereocenters. The van der Waals surface area contributed by atoms with E-state index in [4.69, 9.17) is 9.97 Å². The number of carbonyl (C=O) groups is 1. The van der Waals surface area contributed by atoms with Crippen LogP contribution in [0, 0.1) is 0 Å². The highest BCUT2D eigenvalue weighted by Crippen LogP contribution is 2.38. The Kier molecular flexibility index (Phi) is 5.68. The molecule has 7 heteroatoms. The lowest BCUT2D eigenvalue weighted by molar-refractivity contribution is -0.128. The monoisotopic (exact) mass is 413 g/mol. The third-order valence-corrected chi connectivity index (χ3v) is 7.73. The molecule has 2 saturated heterocycles. The minimum Gasteiger partial charge on any atom is -0.360 e. The molecule has 0 saturated carbocycles. The van der Waals surface area contributed by atoms with E-state index in [0.717, 1.165) is 74.9 Å². The first-order valence-corrected chi connectivity index (χ1v) is 12.1. The summed E-state index contributed by atoms with van der Waals surface area (Å²) in [7, 11) is 0. The largest absolute Gasteiger partial charge is 0.360 e. The molecule has 2 aliphatic heterocycles. The van der Waals surface area contributed by atoms with Gasteiger partial charge < -0.3 is 10.2 Å². The number of anilines is 1. The van der Waals surface area contributed by atoms with Gasteiger partial charge in [0.1, 0.15) is 16.5 Å². The first kappa shape index (κ1) is 19.2. The topological polar surface area (TPSA) is 61.4 Å². The number of nitrogens with one attached hydrogen (secondary N) is 1. The second-order valence-corrected chi connectivity index (χ2v) is 9.74. The molecule has 5 rings (SSSR count). The van der Waals surface area contributed by atoms with Gasteiger partial charge in [-0.05, 0) is 70.0 Å². The summed E-state index contributed by atoms with van der Waals surface area (Å²) >= 11 is 1.84. The van der Waals surface area contributed by atoms with Crippen molar-refractivity contribution in [2.75, 3.05) is 38.0 Å². The van der Waals surface area contributed by atoms with Gasteiger partial charge in [0.2, 0.25) is 5.91 Å². The summed E-state index contributed by atoms with van der Waals surface area (Å²) in [5, 5.41) is 4.61. The van der Waals surface area contributed by atoms with Gasteiger partial charge in [0.25, 0.3) is 0 Å². The number of hydrogen-bond acceptors (Lipinski definition) is 6. The number of nitrogens with zero attached hydrogens (tertiary/aromatic N) is 4. The molecule has 1 amide bonds. The molecular formula is C22H31N5OS. The highest BCUT2D eigenvalue weighted by molar-refractivity contribution is 7.19. The van der Waals surface area contributed by atoms with Crippen LogP contribution >= 0.6 is 11.3 Å². The first-order chi connectivity index (χ1) is 14.3. The minimum atomic E-state index is 0.191. The maximum absolute atomic E-state index is 12.6. The van der Waals surface area contributed by atoms with Crippen molar-refractivity contribution in [1.29, 1.82) is 0 Å². The standard InChI is InChI=1S/C22H31N5OS/c28-19(27-12-6-7-13-27)14-23-21-20-16-8-2-3-9-17(16)29-22(20)25-18(24-21)15-26-10-4-1-5-11-26/h1-15H2,(H,23,24,25). The summed E-state index contributed by atoms with van der Waals surface area (Å²) in [5.41, 5.74) is 1.43. The van der Waals surface area contributed by atoms with Gasteiger partial charge >= 0.3 is 0 Å². The first-order valence-electron chi connectivity index (χ1n) is 11.3. The summed E-state index contributed by atoms with van der Waals surface area (Å²) in [4.78, 5) is 29.5. The Morgan fingerprint density at radius 3 is 2.52 bits per heavy atom. The fourth-order valence-electron chi connectivity index (χ4n) is 4.96. The van der Waals surface area contributed by atoms with E-state index in [-0.39, 0.29) is 5.91 Å². The van der Waals surface area contributed by atoms with Crippen LogP contribution < -0.4 is 5.32 Å². The number of amides is 1. The maximum Gasteiger partial charge on any atom is 0.241 e. The summed E-state index contributed by atoms with van der Waals surface area (Å²) in [6.07, 6.45) is 10.9. The Bertz CT molecular complexity index is 883. The fourth-order valence-corrected chi connectivity index (χ4v) is 6.24. The van der Waals surface area contributed by atoms with Gasteiger partial charge in [-0.3, -0.25) is 9.69 Å². The zero-order valence-corrected chi connectivity index (χ0v) is 18.0. The quantitative estimate of drug-likeness (QED) is 0.812. The molecule has 2 aromatic heterocycles. The number of fused-ring (bicyclic) bond motifs is 3. The van der Waals surface area contributed by atoms with E-state index in [1.807, 2.05) is 16.2 Å². The van der Waals surface area contributed by atoms with Gasteiger partial charge in [-0.1, -0.05) is 6.42 Å². The zero-order chi connectivity index (χ0) is 19.6. The lowest BCUT2D eigenvalue weighted by Gasteiger charge is -2.25. The van der Waals surface area contributed by atoms with Crippen LogP contribution in [0.3, 0.4) is 0 Å². The Morgan fingerprint density at radius 1 is 0.931 bits per heavy atom. The van der Waals surface area contributed by atoms with Crippen molar-refractivity contribution in [1.82, 2.24) is 19.8 Å². The van der Waals surface area contributed by atoms with Gasteiger partial charge in [-0.2, -0.15) is 0 Å². The molecular weight excluding hydrogens is 382 g/mol. The molecule has 3 aliphatic rings. The fraction of sp³-hybridized carbons (Fsp3) is 0.682. The number of likely N-dealkylation sites (tertiary alicyclic amines) is 2. The molecule has 29 heavy (non-hydrogen) atoms. The van der Waals surface area contributed by atoms with Gasteiger partial charge in [0.15, 0.2) is 0 Å². The van der Waals surface area contributed by atoms with Crippen LogP contribution in [-0.2, 0) is 24.2 Å². The highest BCUT2D eigenvalue weighted by atomic mass is 32.1. The summed E-state index contributed by atoms with van der Waals surface area (Å²) < 4.78 is 0. The van der Waals surface area contributed by atoms with Crippen LogP contribution in [0.5, 0.6) is 0 Å². The molecule has 0 spiro atoms. The average molecular weight is 414 g/mol. The lowest BCUT2D eigenvalue weighted by atomic mass is 9.97. The van der Waals surface area contributed by atoms with E-state index in [0.29, 0.717) is 6.54 Å². The van der Waals surface area contributed by atoms with Crippen molar-refractivity contribution >= 4 is 33.3 Å². The molecule has 1 N–H and O–H groups in total. The van der Waals surface area contributed by atoms with Gasteiger partial charge in [-0.25, -0.2) is 9.97 Å². The van der Waals surface area contributed by atoms with Crippen molar-refractivity contribution in [3.63, 3.8) is 0 Å². The number of aromatic nitrogens is 2. The highest BCUT2D eigenvalue weighted by Gasteiger charge is 2.23. The Morgan fingerprint density at radius 2 is 1.69 bits per heavy atom. The van der Waals surface area contributed by atoms with Crippen LogP contribution in [0.25, 0.3) is 10.2 Å². The molecule has 2 aromatic rings. The molecule has 4 heterocycles. The number of carbonyl (C=O) groups excluding carboxylic acids is 1. The Balaban J connectivity index is 1.43. The van der Waals surface area contributed by atoms with E-state index in [9.17, 15) is 4.79 Å². The molecule has 0 bridgehead atoms. The normalized spacial score (nSPS) is 20.2. The van der Waals surface area contributed by atoms with E-state index in [1.54, 1.807) is 0 Å². The Labute approximate surface area is 176 Å². The molecule has 156 valence electrons. The summed E-state index contributed by atoms with van der Waals surface area (Å²) in [5.74, 6) is 1.97. The molecule has 1 aliphatic carbocycles. The molecule has 6 nitrogen and oxygen atoms in total. The number of hydrogen-bond donors (Lipinski definition) is 1. The van der Waals surface area contributed by atoms with Crippen LogP contribution in [0.4, 0.5) is 5.82 Å². The van der Waals surface area contributed by atoms with Crippen molar-refractivity contribution in [2.24, 2.45) is 0 Å². The van der Waals surface area contributed by atoms with Crippen LogP contribution in [0.1, 0.15) is 61.2 Å². The molecule has 0 unspecified atom stereocenters. The second-order valence-electron chi connectivity index (χ2n) is 8.66. The third-order valence-electron chi connectivity index (χ3n) is 6.54. The zero-order valence-electron chi connectivity index (χ0n) is 17.2. The minimum absolute atomic E-state index is 0.191. The average Bonchev–Trinajstić information content (AvgIpc) is 3.40. The molecule has 0 aromatic carbocycles. The van der Waals surface area contributed by atoms with Crippen molar-refractivity contribution in [3.8, 4) is 0 Å². The van der Waals surface area contributed by atoms with Gasteiger partial charge in [-0.15, -0.1) is 11.3 Å². The number of aryl methyl sites for hydroxylation is 2. The SMILES string of the molecule is O=C(CNc1nc(CN2CCCCC2)nc2sc3c(c12)CCCC3)N1CCCC1. The number of rotatable bonds is 5. The number of piperidine rings is 1. The smallest absolute Gasteiger partial charge is 0.241 e. The summed E-state index contributed by atoms with van der Waals surface area (Å²) in [6.45, 7) is 5.21. The van der Waals surface area contributed by atoms with Crippen molar-refractivity contribution in [2.45, 2.75) is 64.3 Å². The van der Waals surface area contributed by atoms with Crippen molar-refractivity contribution in [3.05, 3.63) is 16.3 Å². The van der Waals surface area contributed by atoms with Crippen LogP contribution in [0.15, 0.2) is 0 Å². The Hall–Kier alpha value is -1.73. The van der Waals surface area contributed by atoms with E-state index in [1.165, 1.54) is 47.9 Å². The predicted octanol–water partition coefficient (Wildman–Crippen LogP) is 3.59. The second kappa shape index (κ2) is 8.56. The van der Waals surface area contributed by atoms with E-state index < -0.39 is 0 Å². The lowest BCUT2D eigenvalue weighted by Crippen LogP contribution is -2.33. The number of thiophene rings is 1. The van der Waals surface area contributed by atoms with Crippen molar-refractivity contribution < 1.29 is 4.79 Å². The van der Waals surface area contributed by atoms with E-state index >= 15 is 0 Å². The maximum atomic E-state index is 12.6. The van der Waals surface area contributed by atoms with Gasteiger partial charge in [0.05, 0.1) is 18.5 Å². The predicted molar refractivity (Wildman–Crippen MR) is 117 cm³/mol. The third kappa shape index (κ3) is 4.12. The van der Waals surface area contributed by atoms with Gasteiger partial charge in [0, 0.05) is 18.0 Å². The molecule has 0 radical (unpaired) electrons. The van der Waals surface area contributed by atoms with E-state index in [2.05, 4.69) is 10.2 Å².